The fourth-order valence-electron chi connectivity index (χ4n) is 8.05. The second-order valence-electron chi connectivity index (χ2n) is 13.4. The van der Waals surface area contributed by atoms with Gasteiger partial charge < -0.3 is 8.98 Å². The summed E-state index contributed by atoms with van der Waals surface area (Å²) in [5.74, 6) is 0.108. The smallest absolute Gasteiger partial charge is 0.180 e. The van der Waals surface area contributed by atoms with Gasteiger partial charge in [0.05, 0.1) is 30.2 Å². The topological polar surface area (TPSA) is 43.9 Å². The lowest BCUT2D eigenvalue weighted by Gasteiger charge is -2.13. The Morgan fingerprint density at radius 2 is 1.11 bits per heavy atom. The van der Waals surface area contributed by atoms with Crippen molar-refractivity contribution >= 4 is 65.4 Å². The van der Waals surface area contributed by atoms with E-state index in [1.807, 2.05) is 66.7 Å². The van der Waals surface area contributed by atoms with E-state index in [2.05, 4.69) is 22.8 Å². The maximum Gasteiger partial charge on any atom is 0.180 e. The molecule has 0 radical (unpaired) electrons. The summed E-state index contributed by atoms with van der Waals surface area (Å²) >= 11 is 0. The highest BCUT2D eigenvalue weighted by molar-refractivity contribution is 6.36. The van der Waals surface area contributed by atoms with Gasteiger partial charge in [-0.05, 0) is 80.9 Å². The van der Waals surface area contributed by atoms with Gasteiger partial charge in [0.1, 0.15) is 16.8 Å². The van der Waals surface area contributed by atoms with Crippen molar-refractivity contribution in [2.75, 3.05) is 0 Å². The number of fused-ring (bicyclic) bond motifs is 6. The molecule has 4 heteroatoms. The molecule has 12 rings (SSSR count). The number of rotatable bonds is 5. The first kappa shape index (κ1) is 20.2. The molecule has 0 amide bonds. The van der Waals surface area contributed by atoms with Gasteiger partial charge in [-0.2, -0.15) is 0 Å². The molecule has 0 aliphatic carbocycles. The lowest BCUT2D eigenvalue weighted by molar-refractivity contribution is 0.667. The maximum atomic E-state index is 9.51. The molecule has 9 aromatic carbocycles. The van der Waals surface area contributed by atoms with Crippen LogP contribution < -0.4 is 0 Å². The minimum Gasteiger partial charge on any atom is -0.452 e. The van der Waals surface area contributed by atoms with E-state index in [9.17, 15) is 5.48 Å². The monoisotopic (exact) mass is 727 g/mol. The number of para-hydroxylation sites is 1. The molecule has 260 valence electrons. The molecule has 0 unspecified atom stereocenters. The van der Waals surface area contributed by atoms with Crippen LogP contribution in [-0.2, 0) is 0 Å². The Morgan fingerprint density at radius 3 is 1.89 bits per heavy atom. The van der Waals surface area contributed by atoms with Crippen molar-refractivity contribution in [1.82, 2.24) is 14.5 Å². The predicted octanol–water partition coefficient (Wildman–Crippen LogP) is 13.9. The van der Waals surface area contributed by atoms with E-state index in [-0.39, 0.29) is 44.9 Å². The Kier molecular flexibility index (Phi) is 4.32. The van der Waals surface area contributed by atoms with Gasteiger partial charge in [-0.3, -0.25) is 0 Å². The van der Waals surface area contributed by atoms with Gasteiger partial charge >= 0.3 is 0 Å². The molecule has 56 heavy (non-hydrogen) atoms. The fourth-order valence-corrected chi connectivity index (χ4v) is 8.05. The first-order chi connectivity index (χ1) is 33.6. The predicted molar refractivity (Wildman–Crippen MR) is 232 cm³/mol. The molecule has 0 bridgehead atoms. The summed E-state index contributed by atoms with van der Waals surface area (Å²) in [4.78, 5) is 10.3. The molecule has 0 aliphatic heterocycles. The largest absolute Gasteiger partial charge is 0.452 e. The average molecular weight is 728 g/mol. The van der Waals surface area contributed by atoms with Gasteiger partial charge in [-0.25, -0.2) is 9.97 Å². The molecule has 0 atom stereocenters. The fraction of sp³-hybridized carbons (Fsp3) is 0. The second-order valence-corrected chi connectivity index (χ2v) is 13.4. The Bertz CT molecular complexity index is 4210. The highest BCUT2D eigenvalue weighted by Gasteiger charge is 2.25. The van der Waals surface area contributed by atoms with Crippen molar-refractivity contribution in [2.24, 2.45) is 0 Å². The number of aromatic nitrogens is 3. The van der Waals surface area contributed by atoms with E-state index in [0.717, 1.165) is 49.0 Å². The minimum atomic E-state index is -0.703. The van der Waals surface area contributed by atoms with E-state index in [0.29, 0.717) is 10.9 Å². The summed E-state index contributed by atoms with van der Waals surface area (Å²) in [7, 11) is 0. The number of nitrogens with zero attached hydrogens (tertiary/aromatic N) is 3. The Labute approximate surface area is 341 Å². The lowest BCUT2D eigenvalue weighted by Crippen LogP contribution is -1.96. The first-order valence-electron chi connectivity index (χ1n) is 24.9. The van der Waals surface area contributed by atoms with E-state index in [1.165, 1.54) is 0 Å². The highest BCUT2D eigenvalue weighted by atomic mass is 16.3. The van der Waals surface area contributed by atoms with Crippen LogP contribution in [0.2, 0.25) is 0 Å². The standard InChI is InChI=1S/C52H31N3O/c1-4-13-32(14-5-1)34-23-25-35(26-24-34)49-51-50(42-31-36(27-30-45(42)56-51)33-15-6-2-7-16-33)54-52(53-49)41-28-29-44-48-46(41)39-20-11-10-19-38(39)40-21-12-22-43(47(40)48)55(44)37-17-8-3-9-18-37/h1-31H/i1D,2D,4D,5D,6D,7D,13D,14D,15D,16D,23D,24D,25D,26D. The first-order valence-corrected chi connectivity index (χ1v) is 17.9. The molecule has 0 saturated carbocycles. The van der Waals surface area contributed by atoms with Gasteiger partial charge in [0.2, 0.25) is 0 Å². The zero-order chi connectivity index (χ0) is 48.9. The van der Waals surface area contributed by atoms with E-state index < -0.39 is 95.7 Å². The third-order valence-corrected chi connectivity index (χ3v) is 10.4. The third-order valence-electron chi connectivity index (χ3n) is 10.4. The summed E-state index contributed by atoms with van der Waals surface area (Å²) in [5.41, 5.74) is 2.44. The van der Waals surface area contributed by atoms with Crippen LogP contribution in [0, 0.1) is 0 Å². The van der Waals surface area contributed by atoms with Gasteiger partial charge in [0, 0.05) is 38.4 Å². The summed E-state index contributed by atoms with van der Waals surface area (Å²) in [5, 5.41) is 5.90. The summed E-state index contributed by atoms with van der Waals surface area (Å²) in [6.45, 7) is 0. The Morgan fingerprint density at radius 1 is 0.464 bits per heavy atom. The molecule has 0 saturated heterocycles. The summed E-state index contributed by atoms with van der Waals surface area (Å²) < 4.78 is 131. The lowest BCUT2D eigenvalue weighted by atomic mass is 9.91. The van der Waals surface area contributed by atoms with Gasteiger partial charge in [0.15, 0.2) is 11.4 Å². The van der Waals surface area contributed by atoms with Crippen molar-refractivity contribution in [1.29, 1.82) is 0 Å². The second kappa shape index (κ2) is 12.0. The van der Waals surface area contributed by atoms with Crippen LogP contribution in [0.15, 0.2) is 192 Å². The normalized spacial score (nSPS) is 15.4. The van der Waals surface area contributed by atoms with Crippen LogP contribution in [0.3, 0.4) is 0 Å². The van der Waals surface area contributed by atoms with Crippen molar-refractivity contribution in [3.63, 3.8) is 0 Å². The molecule has 4 nitrogen and oxygen atoms in total. The van der Waals surface area contributed by atoms with E-state index in [4.69, 9.17) is 28.1 Å². The molecule has 0 spiro atoms. The van der Waals surface area contributed by atoms with Crippen molar-refractivity contribution < 1.29 is 23.6 Å². The van der Waals surface area contributed by atoms with Crippen molar-refractivity contribution in [3.8, 4) is 50.6 Å². The molecule has 3 heterocycles. The quantitative estimate of drug-likeness (QED) is 0.166. The molecule has 0 N–H and O–H groups in total. The number of benzene rings is 9. The minimum absolute atomic E-state index is 0.0496. The molecular formula is C52H31N3O. The molecular weight excluding hydrogens is 683 g/mol. The van der Waals surface area contributed by atoms with E-state index >= 15 is 0 Å². The van der Waals surface area contributed by atoms with E-state index in [1.54, 1.807) is 18.2 Å². The average Bonchev–Trinajstić information content (AvgIpc) is 3.92. The molecule has 0 aliphatic rings. The van der Waals surface area contributed by atoms with Crippen molar-refractivity contribution in [2.45, 2.75) is 0 Å². The SMILES string of the molecule is [2H]c1c([2H])c([2H])c(-c2ccc3oc4c(-c5c([2H])c([2H])c(-c6c([2H])c([2H])c([2H])c([2H])c6[2H])c([2H])c5[2H])nc(-c5ccc6c7c5c5ccccc5c5cccc(c57)n6-c5ccccc5)nc4c3c2)c([2H])c1[2H]. The van der Waals surface area contributed by atoms with Crippen LogP contribution in [0.1, 0.15) is 19.2 Å². The molecule has 0 fully saturated rings. The zero-order valence-electron chi connectivity index (χ0n) is 43.1. The van der Waals surface area contributed by atoms with Crippen LogP contribution in [0.5, 0.6) is 0 Å². The van der Waals surface area contributed by atoms with Gasteiger partial charge in [-0.1, -0.05) is 145 Å². The van der Waals surface area contributed by atoms with Crippen LogP contribution in [0.4, 0.5) is 0 Å². The number of furan rings is 1. The van der Waals surface area contributed by atoms with Gasteiger partial charge in [0.25, 0.3) is 0 Å². The Hall–Kier alpha value is -7.56. The zero-order valence-corrected chi connectivity index (χ0v) is 29.1. The third kappa shape index (κ3) is 4.53. The van der Waals surface area contributed by atoms with Crippen molar-refractivity contribution in [3.05, 3.63) is 188 Å². The van der Waals surface area contributed by atoms with Crippen LogP contribution in [-0.4, -0.2) is 14.5 Å². The number of hydrogen-bond donors (Lipinski definition) is 0. The summed E-state index contributed by atoms with van der Waals surface area (Å²) in [6, 6.07) is 24.2. The van der Waals surface area contributed by atoms with Gasteiger partial charge in [-0.15, -0.1) is 0 Å². The number of hydrogen-bond acceptors (Lipinski definition) is 3. The highest BCUT2D eigenvalue weighted by Crippen LogP contribution is 2.47. The Balaban J connectivity index is 1.22. The molecule has 12 aromatic rings. The van der Waals surface area contributed by atoms with Crippen LogP contribution >= 0.6 is 0 Å². The van der Waals surface area contributed by atoms with Crippen LogP contribution in [0.25, 0.3) is 116 Å². The molecule has 3 aromatic heterocycles. The summed E-state index contributed by atoms with van der Waals surface area (Å²) in [6.07, 6.45) is 0. The maximum absolute atomic E-state index is 9.51.